The summed E-state index contributed by atoms with van der Waals surface area (Å²) in [5, 5.41) is 14.8. The van der Waals surface area contributed by atoms with Gasteiger partial charge in [-0.2, -0.15) is 0 Å². The van der Waals surface area contributed by atoms with Gasteiger partial charge in [-0.15, -0.1) is 0 Å². The van der Waals surface area contributed by atoms with Gasteiger partial charge in [-0.3, -0.25) is 10.1 Å². The highest BCUT2D eigenvalue weighted by atomic mass is 16.3. The number of phenols is 1. The highest BCUT2D eigenvalue weighted by Gasteiger charge is 2.20. The molecule has 1 amide bonds. The molecule has 1 atom stereocenters. The smallest absolute Gasteiger partial charge is 0.235 e. The molecule has 1 aliphatic rings. The van der Waals surface area contributed by atoms with Crippen LogP contribution in [0.15, 0.2) is 24.3 Å². The van der Waals surface area contributed by atoms with Gasteiger partial charge in [0.15, 0.2) is 0 Å². The molecule has 0 aromatic heterocycles. The Bertz CT molecular complexity index is 321. The lowest BCUT2D eigenvalue weighted by Crippen LogP contribution is -2.22. The second-order valence-corrected chi connectivity index (χ2v) is 2.97. The summed E-state index contributed by atoms with van der Waals surface area (Å²) >= 11 is 0. The molecule has 13 heavy (non-hydrogen) atoms. The third kappa shape index (κ3) is 1.62. The van der Waals surface area contributed by atoms with Crippen LogP contribution in [-0.2, 0) is 4.79 Å². The molecule has 1 aromatic rings. The van der Waals surface area contributed by atoms with Crippen molar-refractivity contribution in [2.45, 2.75) is 6.17 Å². The number of nitrogens with one attached hydrogen (secondary N) is 2. The fourth-order valence-corrected chi connectivity index (χ4v) is 1.33. The van der Waals surface area contributed by atoms with Gasteiger partial charge in [0.2, 0.25) is 5.91 Å². The van der Waals surface area contributed by atoms with Gasteiger partial charge >= 0.3 is 0 Å². The highest BCUT2D eigenvalue weighted by Crippen LogP contribution is 2.16. The Balaban J connectivity index is 2.17. The van der Waals surface area contributed by atoms with E-state index in [2.05, 4.69) is 10.6 Å². The van der Waals surface area contributed by atoms with Gasteiger partial charge in [0.05, 0.1) is 6.54 Å². The number of carbonyl (C=O) groups excluding carboxylic acids is 1. The van der Waals surface area contributed by atoms with E-state index in [-0.39, 0.29) is 17.8 Å². The summed E-state index contributed by atoms with van der Waals surface area (Å²) in [6.45, 7) is 0.353. The highest BCUT2D eigenvalue weighted by molar-refractivity contribution is 5.80. The Morgan fingerprint density at radius 2 is 2.00 bits per heavy atom. The minimum Gasteiger partial charge on any atom is -0.508 e. The van der Waals surface area contributed by atoms with Crippen molar-refractivity contribution in [1.29, 1.82) is 0 Å². The molecule has 4 nitrogen and oxygen atoms in total. The molecule has 2 rings (SSSR count). The Morgan fingerprint density at radius 3 is 2.54 bits per heavy atom. The van der Waals surface area contributed by atoms with E-state index in [1.807, 2.05) is 0 Å². The second kappa shape index (κ2) is 3.06. The number of aromatic hydroxyl groups is 1. The molecule has 1 aromatic carbocycles. The molecule has 0 spiro atoms. The van der Waals surface area contributed by atoms with Gasteiger partial charge < -0.3 is 10.4 Å². The molecule has 68 valence electrons. The first-order valence-corrected chi connectivity index (χ1v) is 4.07. The summed E-state index contributed by atoms with van der Waals surface area (Å²) < 4.78 is 0. The average molecular weight is 178 g/mol. The van der Waals surface area contributed by atoms with Crippen molar-refractivity contribution in [1.82, 2.24) is 10.6 Å². The Kier molecular flexibility index (Phi) is 1.90. The summed E-state index contributed by atoms with van der Waals surface area (Å²) in [5.41, 5.74) is 0.948. The largest absolute Gasteiger partial charge is 0.508 e. The lowest BCUT2D eigenvalue weighted by atomic mass is 10.2. The quantitative estimate of drug-likeness (QED) is 0.572. The molecule has 1 saturated heterocycles. The SMILES string of the molecule is O=C1CNC(c2ccc(O)cc2)N1. The van der Waals surface area contributed by atoms with Crippen LogP contribution in [0.1, 0.15) is 11.7 Å². The van der Waals surface area contributed by atoms with Crippen molar-refractivity contribution in [2.75, 3.05) is 6.54 Å². The van der Waals surface area contributed by atoms with Gasteiger partial charge in [-0.05, 0) is 17.7 Å². The Morgan fingerprint density at radius 1 is 1.31 bits per heavy atom. The number of benzene rings is 1. The van der Waals surface area contributed by atoms with Gasteiger partial charge in [-0.1, -0.05) is 12.1 Å². The first-order chi connectivity index (χ1) is 6.25. The van der Waals surface area contributed by atoms with Crippen LogP contribution in [0.25, 0.3) is 0 Å². The van der Waals surface area contributed by atoms with Gasteiger partial charge in [0.1, 0.15) is 11.9 Å². The fourth-order valence-electron chi connectivity index (χ4n) is 1.33. The average Bonchev–Trinajstić information content (AvgIpc) is 2.53. The standard InChI is InChI=1S/C9H10N2O2/c12-7-3-1-6(2-4-7)9-10-5-8(13)11-9/h1-4,9-10,12H,5H2,(H,11,13). The predicted molar refractivity (Wildman–Crippen MR) is 47.0 cm³/mol. The number of amides is 1. The number of rotatable bonds is 1. The minimum absolute atomic E-state index is 0.00178. The van der Waals surface area contributed by atoms with Crippen molar-refractivity contribution < 1.29 is 9.90 Å². The minimum atomic E-state index is -0.118. The van der Waals surface area contributed by atoms with Gasteiger partial charge in [0.25, 0.3) is 0 Å². The van der Waals surface area contributed by atoms with Gasteiger partial charge in [0, 0.05) is 0 Å². The number of hydrogen-bond acceptors (Lipinski definition) is 3. The molecule has 4 heteroatoms. The van der Waals surface area contributed by atoms with E-state index in [0.29, 0.717) is 6.54 Å². The zero-order valence-corrected chi connectivity index (χ0v) is 6.95. The summed E-state index contributed by atoms with van der Waals surface area (Å²) in [5.74, 6) is 0.228. The van der Waals surface area contributed by atoms with Crippen molar-refractivity contribution in [2.24, 2.45) is 0 Å². The van der Waals surface area contributed by atoms with Crippen LogP contribution in [0.4, 0.5) is 0 Å². The van der Waals surface area contributed by atoms with E-state index in [0.717, 1.165) is 5.56 Å². The third-order valence-electron chi connectivity index (χ3n) is 2.00. The summed E-state index contributed by atoms with van der Waals surface area (Å²) in [4.78, 5) is 10.9. The van der Waals surface area contributed by atoms with Crippen molar-refractivity contribution in [3.05, 3.63) is 29.8 Å². The molecule has 0 bridgehead atoms. The fraction of sp³-hybridized carbons (Fsp3) is 0.222. The van der Waals surface area contributed by atoms with Gasteiger partial charge in [-0.25, -0.2) is 0 Å². The van der Waals surface area contributed by atoms with Crippen LogP contribution < -0.4 is 10.6 Å². The van der Waals surface area contributed by atoms with Crippen molar-refractivity contribution in [3.8, 4) is 5.75 Å². The summed E-state index contributed by atoms with van der Waals surface area (Å²) in [6, 6.07) is 6.75. The van der Waals surface area contributed by atoms with E-state index < -0.39 is 0 Å². The normalized spacial score (nSPS) is 21.5. The van der Waals surface area contributed by atoms with E-state index in [4.69, 9.17) is 5.11 Å². The molecule has 0 aliphatic carbocycles. The molecule has 1 heterocycles. The van der Waals surface area contributed by atoms with Crippen molar-refractivity contribution >= 4 is 5.91 Å². The van der Waals surface area contributed by atoms with Crippen LogP contribution in [0, 0.1) is 0 Å². The number of hydrogen-bond donors (Lipinski definition) is 3. The Labute approximate surface area is 75.6 Å². The number of phenolic OH excluding ortho intramolecular Hbond substituents is 1. The zero-order valence-electron chi connectivity index (χ0n) is 6.95. The maximum atomic E-state index is 10.9. The molecule has 0 saturated carbocycles. The molecular weight excluding hydrogens is 168 g/mol. The lowest BCUT2D eigenvalue weighted by molar-refractivity contribution is -0.118. The third-order valence-corrected chi connectivity index (χ3v) is 2.00. The van der Waals surface area contributed by atoms with Crippen LogP contribution in [0.3, 0.4) is 0 Å². The predicted octanol–water partition coefficient (Wildman–Crippen LogP) is 0.110. The molecule has 1 aliphatic heterocycles. The zero-order chi connectivity index (χ0) is 9.26. The summed E-state index contributed by atoms with van der Waals surface area (Å²) in [6.07, 6.45) is -0.118. The van der Waals surface area contributed by atoms with E-state index in [1.165, 1.54) is 0 Å². The van der Waals surface area contributed by atoms with Crippen LogP contribution >= 0.6 is 0 Å². The van der Waals surface area contributed by atoms with Crippen molar-refractivity contribution in [3.63, 3.8) is 0 Å². The van der Waals surface area contributed by atoms with E-state index in [1.54, 1.807) is 24.3 Å². The van der Waals surface area contributed by atoms with Crippen LogP contribution in [0.2, 0.25) is 0 Å². The first-order valence-electron chi connectivity index (χ1n) is 4.07. The maximum absolute atomic E-state index is 10.9. The lowest BCUT2D eigenvalue weighted by Gasteiger charge is -2.09. The maximum Gasteiger partial charge on any atom is 0.235 e. The second-order valence-electron chi connectivity index (χ2n) is 2.97. The molecule has 1 fully saturated rings. The molecule has 3 N–H and O–H groups in total. The first kappa shape index (κ1) is 8.07. The summed E-state index contributed by atoms with van der Waals surface area (Å²) in [7, 11) is 0. The van der Waals surface area contributed by atoms with E-state index in [9.17, 15) is 4.79 Å². The van der Waals surface area contributed by atoms with E-state index >= 15 is 0 Å². The van der Waals surface area contributed by atoms with Crippen LogP contribution in [-0.4, -0.2) is 17.6 Å². The molecule has 1 unspecified atom stereocenters. The Hall–Kier alpha value is -1.55. The molecular formula is C9H10N2O2. The topological polar surface area (TPSA) is 61.4 Å². The number of carbonyl (C=O) groups is 1. The van der Waals surface area contributed by atoms with Crippen LogP contribution in [0.5, 0.6) is 5.75 Å². The monoisotopic (exact) mass is 178 g/mol. The molecule has 0 radical (unpaired) electrons.